The summed E-state index contributed by atoms with van der Waals surface area (Å²) in [6.45, 7) is 2.88. The highest BCUT2D eigenvalue weighted by Gasteiger charge is 2.11. The standard InChI is InChI=1S/C22H21N3O3/c1-2-28-19-11-6-10-18(14-19)15-23-24-21(26)20-12-7-13-25(22(20)27)16-17-8-4-3-5-9-17/h3-15H,2,16H2,1H3,(H,24,26)/b23-15-. The van der Waals surface area contributed by atoms with Gasteiger partial charge in [-0.25, -0.2) is 5.43 Å². The van der Waals surface area contributed by atoms with Crippen molar-refractivity contribution in [2.75, 3.05) is 6.61 Å². The lowest BCUT2D eigenvalue weighted by molar-refractivity contribution is 0.0953. The molecule has 1 N–H and O–H groups in total. The summed E-state index contributed by atoms with van der Waals surface area (Å²) in [6, 6.07) is 20.1. The quantitative estimate of drug-likeness (QED) is 0.510. The molecule has 0 radical (unpaired) electrons. The first-order valence-corrected chi connectivity index (χ1v) is 8.97. The fourth-order valence-electron chi connectivity index (χ4n) is 2.69. The maximum Gasteiger partial charge on any atom is 0.276 e. The lowest BCUT2D eigenvalue weighted by Crippen LogP contribution is -2.30. The molecule has 6 nitrogen and oxygen atoms in total. The minimum Gasteiger partial charge on any atom is -0.494 e. The van der Waals surface area contributed by atoms with E-state index in [2.05, 4.69) is 10.5 Å². The highest BCUT2D eigenvalue weighted by atomic mass is 16.5. The lowest BCUT2D eigenvalue weighted by Gasteiger charge is -2.07. The second kappa shape index (κ2) is 9.32. The van der Waals surface area contributed by atoms with E-state index in [-0.39, 0.29) is 11.1 Å². The van der Waals surface area contributed by atoms with Gasteiger partial charge in [-0.2, -0.15) is 5.10 Å². The molecule has 0 aliphatic heterocycles. The van der Waals surface area contributed by atoms with Crippen LogP contribution in [0.15, 0.2) is 82.8 Å². The van der Waals surface area contributed by atoms with E-state index in [1.807, 2.05) is 61.5 Å². The number of pyridine rings is 1. The summed E-state index contributed by atoms with van der Waals surface area (Å²) in [7, 11) is 0. The van der Waals surface area contributed by atoms with Crippen LogP contribution in [0.4, 0.5) is 0 Å². The second-order valence-electron chi connectivity index (χ2n) is 6.05. The molecule has 6 heteroatoms. The van der Waals surface area contributed by atoms with Gasteiger partial charge in [0.1, 0.15) is 11.3 Å². The molecule has 0 saturated heterocycles. The normalized spacial score (nSPS) is 10.8. The summed E-state index contributed by atoms with van der Waals surface area (Å²) in [4.78, 5) is 25.0. The molecule has 3 aromatic rings. The lowest BCUT2D eigenvalue weighted by atomic mass is 10.2. The van der Waals surface area contributed by atoms with Crippen LogP contribution in [0, 0.1) is 0 Å². The average Bonchev–Trinajstić information content (AvgIpc) is 2.71. The summed E-state index contributed by atoms with van der Waals surface area (Å²) in [5.41, 5.74) is 3.84. The average molecular weight is 375 g/mol. The molecule has 142 valence electrons. The third-order valence-electron chi connectivity index (χ3n) is 4.01. The molecule has 0 spiro atoms. The molecule has 0 aliphatic carbocycles. The number of hydrogen-bond acceptors (Lipinski definition) is 4. The first-order chi connectivity index (χ1) is 13.7. The number of aromatic nitrogens is 1. The number of rotatable bonds is 7. The zero-order chi connectivity index (χ0) is 19.8. The zero-order valence-electron chi connectivity index (χ0n) is 15.5. The Morgan fingerprint density at radius 1 is 1.11 bits per heavy atom. The highest BCUT2D eigenvalue weighted by Crippen LogP contribution is 2.11. The van der Waals surface area contributed by atoms with Gasteiger partial charge < -0.3 is 9.30 Å². The van der Waals surface area contributed by atoms with Crippen LogP contribution in [-0.2, 0) is 6.54 Å². The van der Waals surface area contributed by atoms with E-state index in [0.29, 0.717) is 13.2 Å². The monoisotopic (exact) mass is 375 g/mol. The number of nitrogens with zero attached hydrogens (tertiary/aromatic N) is 2. The highest BCUT2D eigenvalue weighted by molar-refractivity contribution is 5.94. The van der Waals surface area contributed by atoms with E-state index in [1.54, 1.807) is 12.3 Å². The summed E-state index contributed by atoms with van der Waals surface area (Å²) in [6.07, 6.45) is 3.17. The van der Waals surface area contributed by atoms with Crippen molar-refractivity contribution in [1.82, 2.24) is 9.99 Å². The van der Waals surface area contributed by atoms with Crippen molar-refractivity contribution < 1.29 is 9.53 Å². The van der Waals surface area contributed by atoms with Crippen molar-refractivity contribution in [3.63, 3.8) is 0 Å². The molecule has 0 fully saturated rings. The number of carbonyl (C=O) groups is 1. The summed E-state index contributed by atoms with van der Waals surface area (Å²) in [5.74, 6) is 0.175. The van der Waals surface area contributed by atoms with Crippen LogP contribution in [0.3, 0.4) is 0 Å². The number of amides is 1. The van der Waals surface area contributed by atoms with Gasteiger partial charge in [0, 0.05) is 6.20 Å². The SMILES string of the molecule is CCOc1cccc(/C=N\NC(=O)c2cccn(Cc3ccccc3)c2=O)c1. The number of ether oxygens (including phenoxy) is 1. The van der Waals surface area contributed by atoms with E-state index >= 15 is 0 Å². The van der Waals surface area contributed by atoms with Gasteiger partial charge in [-0.1, -0.05) is 42.5 Å². The molecule has 0 aliphatic rings. The molecule has 2 aromatic carbocycles. The zero-order valence-corrected chi connectivity index (χ0v) is 15.5. The Balaban J connectivity index is 1.70. The van der Waals surface area contributed by atoms with Gasteiger partial charge in [0.25, 0.3) is 11.5 Å². The molecule has 1 amide bonds. The maximum absolute atomic E-state index is 12.6. The topological polar surface area (TPSA) is 72.7 Å². The second-order valence-corrected chi connectivity index (χ2v) is 6.05. The predicted octanol–water partition coefficient (Wildman–Crippen LogP) is 3.06. The van der Waals surface area contributed by atoms with Gasteiger partial charge in [0.05, 0.1) is 19.4 Å². The van der Waals surface area contributed by atoms with Crippen LogP contribution in [-0.4, -0.2) is 23.3 Å². The van der Waals surface area contributed by atoms with Crippen LogP contribution >= 0.6 is 0 Å². The molecule has 0 bridgehead atoms. The molecule has 0 unspecified atom stereocenters. The van der Waals surface area contributed by atoms with E-state index < -0.39 is 5.91 Å². The number of carbonyl (C=O) groups excluding carboxylic acids is 1. The van der Waals surface area contributed by atoms with Crippen LogP contribution < -0.4 is 15.7 Å². The molecular formula is C22H21N3O3. The first kappa shape index (κ1) is 19.1. The van der Waals surface area contributed by atoms with E-state index in [1.165, 1.54) is 16.8 Å². The Kier molecular flexibility index (Phi) is 6.36. The summed E-state index contributed by atoms with van der Waals surface area (Å²) >= 11 is 0. The molecule has 28 heavy (non-hydrogen) atoms. The molecule has 1 aromatic heterocycles. The molecule has 0 atom stereocenters. The number of hydrogen-bond donors (Lipinski definition) is 1. The van der Waals surface area contributed by atoms with Crippen LogP contribution in [0.25, 0.3) is 0 Å². The van der Waals surface area contributed by atoms with Gasteiger partial charge in [0.15, 0.2) is 0 Å². The fraction of sp³-hybridized carbons (Fsp3) is 0.136. The summed E-state index contributed by atoms with van der Waals surface area (Å²) in [5, 5.41) is 3.95. The maximum atomic E-state index is 12.6. The fourth-order valence-corrected chi connectivity index (χ4v) is 2.69. The number of nitrogens with one attached hydrogen (secondary N) is 1. The van der Waals surface area contributed by atoms with Gasteiger partial charge in [-0.15, -0.1) is 0 Å². The summed E-state index contributed by atoms with van der Waals surface area (Å²) < 4.78 is 6.93. The van der Waals surface area contributed by atoms with Crippen LogP contribution in [0.5, 0.6) is 5.75 Å². The third kappa shape index (κ3) is 4.94. The Morgan fingerprint density at radius 3 is 2.71 bits per heavy atom. The van der Waals surface area contributed by atoms with E-state index in [9.17, 15) is 9.59 Å². The third-order valence-corrected chi connectivity index (χ3v) is 4.01. The van der Waals surface area contributed by atoms with Gasteiger partial charge in [-0.05, 0) is 42.3 Å². The van der Waals surface area contributed by atoms with Crippen molar-refractivity contribution in [3.05, 3.63) is 100.0 Å². The smallest absolute Gasteiger partial charge is 0.276 e. The van der Waals surface area contributed by atoms with Crippen LogP contribution in [0.2, 0.25) is 0 Å². The molecule has 1 heterocycles. The largest absolute Gasteiger partial charge is 0.494 e. The Labute approximate surface area is 163 Å². The van der Waals surface area contributed by atoms with Crippen molar-refractivity contribution in [1.29, 1.82) is 0 Å². The van der Waals surface area contributed by atoms with Crippen molar-refractivity contribution in [3.8, 4) is 5.75 Å². The van der Waals surface area contributed by atoms with Gasteiger partial charge in [-0.3, -0.25) is 9.59 Å². The van der Waals surface area contributed by atoms with Crippen molar-refractivity contribution in [2.45, 2.75) is 13.5 Å². The molecular weight excluding hydrogens is 354 g/mol. The Hall–Kier alpha value is -3.67. The molecule has 0 saturated carbocycles. The van der Waals surface area contributed by atoms with Crippen molar-refractivity contribution >= 4 is 12.1 Å². The van der Waals surface area contributed by atoms with E-state index in [0.717, 1.165) is 16.9 Å². The Morgan fingerprint density at radius 2 is 1.93 bits per heavy atom. The molecule has 3 rings (SSSR count). The van der Waals surface area contributed by atoms with Gasteiger partial charge >= 0.3 is 0 Å². The number of benzene rings is 2. The Bertz CT molecular complexity index is 1030. The minimum absolute atomic E-state index is 0.0404. The van der Waals surface area contributed by atoms with Crippen LogP contribution in [0.1, 0.15) is 28.4 Å². The van der Waals surface area contributed by atoms with Crippen molar-refractivity contribution in [2.24, 2.45) is 5.10 Å². The van der Waals surface area contributed by atoms with Gasteiger partial charge in [0.2, 0.25) is 0 Å². The predicted molar refractivity (Wildman–Crippen MR) is 109 cm³/mol. The minimum atomic E-state index is -0.551. The first-order valence-electron chi connectivity index (χ1n) is 8.97. The number of hydrazone groups is 1. The van der Waals surface area contributed by atoms with E-state index in [4.69, 9.17) is 4.74 Å².